The molecule has 0 heterocycles. The van der Waals surface area contributed by atoms with Crippen molar-refractivity contribution in [1.82, 2.24) is 0 Å². The predicted octanol–water partition coefficient (Wildman–Crippen LogP) is -5.94. The maximum absolute atomic E-state index is 8.55. The van der Waals surface area contributed by atoms with Crippen LogP contribution < -0.4 is 66.1 Å². The van der Waals surface area contributed by atoms with E-state index in [9.17, 15) is 0 Å². The summed E-state index contributed by atoms with van der Waals surface area (Å²) >= 11 is 0. The van der Waals surface area contributed by atoms with Crippen LogP contribution in [0.4, 0.5) is 0 Å². The average molecular weight is 198 g/mol. The normalized spacial score (nSPS) is 7.38. The van der Waals surface area contributed by atoms with E-state index in [1.165, 1.54) is 0 Å². The Labute approximate surface area is 104 Å². The van der Waals surface area contributed by atoms with Gasteiger partial charge in [0.2, 0.25) is 0 Å². The molecule has 40 valence electrons. The van der Waals surface area contributed by atoms with Crippen LogP contribution in [0.1, 0.15) is 0 Å². The van der Waals surface area contributed by atoms with Crippen LogP contribution in [-0.4, -0.2) is 0 Å². The summed E-state index contributed by atoms with van der Waals surface area (Å²) in [5.74, 6) is 0. The third kappa shape index (κ3) is 79.1. The van der Waals surface area contributed by atoms with Gasteiger partial charge >= 0.3 is 73.1 Å². The Morgan fingerprint density at radius 1 is 1.12 bits per heavy atom. The molecule has 0 spiro atoms. The van der Waals surface area contributed by atoms with Gasteiger partial charge in [-0.2, -0.15) is 7.82 Å². The molecule has 0 aliphatic heterocycles. The predicted molar refractivity (Wildman–Crippen MR) is 8.29 cm³/mol. The van der Waals surface area contributed by atoms with Gasteiger partial charge in [0.05, 0.1) is 0 Å². The first-order valence-electron chi connectivity index (χ1n) is 0.730. The first kappa shape index (κ1) is 22.4. The van der Waals surface area contributed by atoms with Crippen molar-refractivity contribution in [2.45, 2.75) is 0 Å². The topological polar surface area (TPSA) is 115 Å². The van der Waals surface area contributed by atoms with E-state index in [1.807, 2.05) is 0 Å². The summed E-state index contributed by atoms with van der Waals surface area (Å²) in [6.45, 7) is 0. The molecule has 0 bridgehead atoms. The summed E-state index contributed by atoms with van der Waals surface area (Å²) in [6.07, 6.45) is 0. The van der Waals surface area contributed by atoms with Gasteiger partial charge in [0.1, 0.15) is 0 Å². The summed E-state index contributed by atoms with van der Waals surface area (Å²) in [5.41, 5.74) is 0. The van der Waals surface area contributed by atoms with Gasteiger partial charge in [-0.25, -0.2) is 0 Å². The molecule has 0 radical (unpaired) electrons. The SMILES string of the molecule is O=P([O-])([O-])[O-].[K+].[O-2].[Ti+4]. The van der Waals surface area contributed by atoms with Crippen LogP contribution in [0.25, 0.3) is 0 Å². The fraction of sp³-hybridized carbons (Fsp3) is 0. The third-order valence-electron chi connectivity index (χ3n) is 0. The molecule has 0 atom stereocenters. The fourth-order valence-electron chi connectivity index (χ4n) is 0. The van der Waals surface area contributed by atoms with Crippen molar-refractivity contribution >= 4 is 7.82 Å². The number of hydrogen-bond donors (Lipinski definition) is 0. The maximum Gasteiger partial charge on any atom is 4.00 e. The van der Waals surface area contributed by atoms with Crippen molar-refractivity contribution in [3.8, 4) is 0 Å². The van der Waals surface area contributed by atoms with Crippen LogP contribution in [0.3, 0.4) is 0 Å². The van der Waals surface area contributed by atoms with Crippen molar-refractivity contribution < 1.29 is 97.8 Å². The molecule has 0 unspecified atom stereocenters. The molecule has 0 saturated carbocycles. The van der Waals surface area contributed by atoms with E-state index in [1.54, 1.807) is 0 Å². The summed E-state index contributed by atoms with van der Waals surface area (Å²) < 4.78 is 8.55. The van der Waals surface area contributed by atoms with Crippen LogP contribution in [0.15, 0.2) is 0 Å². The Kier molecular flexibility index (Phi) is 26.4. The van der Waals surface area contributed by atoms with Crippen molar-refractivity contribution in [3.05, 3.63) is 0 Å². The first-order valence-corrected chi connectivity index (χ1v) is 2.19. The molecule has 0 fully saturated rings. The van der Waals surface area contributed by atoms with Gasteiger partial charge < -0.3 is 24.7 Å². The minimum Gasteiger partial charge on any atom is -2.00 e. The van der Waals surface area contributed by atoms with Gasteiger partial charge in [0.25, 0.3) is 0 Å². The van der Waals surface area contributed by atoms with Gasteiger partial charge in [0.15, 0.2) is 0 Å². The van der Waals surface area contributed by atoms with E-state index in [0.29, 0.717) is 0 Å². The van der Waals surface area contributed by atoms with Gasteiger partial charge in [-0.1, -0.05) is 0 Å². The van der Waals surface area contributed by atoms with Crippen LogP contribution in [-0.2, 0) is 31.8 Å². The second-order valence-corrected chi connectivity index (χ2v) is 1.34. The summed E-state index contributed by atoms with van der Waals surface area (Å²) in [4.78, 5) is 25.6. The molecule has 8 heteroatoms. The van der Waals surface area contributed by atoms with Gasteiger partial charge in [-0.05, 0) is 0 Å². The third-order valence-corrected chi connectivity index (χ3v) is 0. The molecule has 0 N–H and O–H groups in total. The van der Waals surface area contributed by atoms with Crippen molar-refractivity contribution in [1.29, 1.82) is 0 Å². The van der Waals surface area contributed by atoms with Crippen molar-refractivity contribution in [2.75, 3.05) is 0 Å². The van der Waals surface area contributed by atoms with Crippen molar-refractivity contribution in [3.63, 3.8) is 0 Å². The van der Waals surface area contributed by atoms with Crippen LogP contribution in [0.5, 0.6) is 0 Å². The molecule has 0 amide bonds. The molecule has 8 heavy (non-hydrogen) atoms. The van der Waals surface area contributed by atoms with Crippen LogP contribution in [0.2, 0.25) is 0 Å². The number of phosphoric acid groups is 1. The van der Waals surface area contributed by atoms with Crippen LogP contribution in [0, 0.1) is 0 Å². The Bertz CT molecular complexity index is 58.6. The summed E-state index contributed by atoms with van der Waals surface area (Å²) in [5, 5.41) is 0. The maximum atomic E-state index is 8.55. The minimum absolute atomic E-state index is 0. The molecule has 0 aromatic rings. The summed E-state index contributed by atoms with van der Waals surface area (Å²) in [6, 6.07) is 0. The smallest absolute Gasteiger partial charge is 2.00 e. The van der Waals surface area contributed by atoms with E-state index in [2.05, 4.69) is 0 Å². The van der Waals surface area contributed by atoms with E-state index in [-0.39, 0.29) is 78.6 Å². The molecule has 0 saturated heterocycles. The molecule has 0 aliphatic carbocycles. The molecule has 0 aromatic carbocycles. The second-order valence-electron chi connectivity index (χ2n) is 0.447. The average Bonchev–Trinajstić information content (AvgIpc) is 0.722. The van der Waals surface area contributed by atoms with Crippen molar-refractivity contribution in [2.24, 2.45) is 0 Å². The summed E-state index contributed by atoms with van der Waals surface area (Å²) in [7, 11) is -5.39. The molecular formula is KO5PTi. The zero-order chi connectivity index (χ0) is 4.50. The Morgan fingerprint density at radius 3 is 1.12 bits per heavy atom. The zero-order valence-corrected chi connectivity index (χ0v) is 9.57. The van der Waals surface area contributed by atoms with E-state index >= 15 is 0 Å². The Hall–Kier alpha value is 2.42. The van der Waals surface area contributed by atoms with E-state index in [4.69, 9.17) is 19.2 Å². The minimum atomic E-state index is -5.39. The van der Waals surface area contributed by atoms with E-state index < -0.39 is 7.82 Å². The number of hydrogen-bond acceptors (Lipinski definition) is 4. The molecular weight excluding hydrogens is 198 g/mol. The monoisotopic (exact) mass is 198 g/mol. The van der Waals surface area contributed by atoms with Crippen LogP contribution >= 0.6 is 7.82 Å². The molecule has 0 rings (SSSR count). The van der Waals surface area contributed by atoms with Gasteiger partial charge in [0, 0.05) is 0 Å². The second kappa shape index (κ2) is 9.42. The molecule has 0 aliphatic rings. The molecule has 5 nitrogen and oxygen atoms in total. The Morgan fingerprint density at radius 2 is 1.12 bits per heavy atom. The fourth-order valence-corrected chi connectivity index (χ4v) is 0. The van der Waals surface area contributed by atoms with E-state index in [0.717, 1.165) is 0 Å². The largest absolute Gasteiger partial charge is 4.00 e. The standard InChI is InChI=1S/K.H3O4P.O.Ti/c;1-5(2,3)4;;/h;(H3,1,2,3,4);;/q+1;;-2;+4/p-3. The van der Waals surface area contributed by atoms with Gasteiger partial charge in [-0.3, -0.25) is 0 Å². The Balaban J connectivity index is -0.0000000267. The number of rotatable bonds is 0. The zero-order valence-electron chi connectivity index (χ0n) is 3.99. The molecule has 0 aromatic heterocycles. The van der Waals surface area contributed by atoms with Gasteiger partial charge in [-0.15, -0.1) is 0 Å². The first-order chi connectivity index (χ1) is 2.00. The quantitative estimate of drug-likeness (QED) is 0.284.